The summed E-state index contributed by atoms with van der Waals surface area (Å²) >= 11 is 0. The minimum atomic E-state index is -1.18. The summed E-state index contributed by atoms with van der Waals surface area (Å²) < 4.78 is 0. The van der Waals surface area contributed by atoms with Gasteiger partial charge in [0.2, 0.25) is 5.91 Å². The number of carbonyl (C=O) groups is 2. The number of benzene rings is 1. The van der Waals surface area contributed by atoms with E-state index < -0.39 is 30.8 Å². The van der Waals surface area contributed by atoms with E-state index in [-0.39, 0.29) is 11.6 Å². The van der Waals surface area contributed by atoms with Crippen LogP contribution in [0.4, 0.5) is 0 Å². The second kappa shape index (κ2) is 14.2. The maximum absolute atomic E-state index is 13.0. The first-order chi connectivity index (χ1) is 15.8. The summed E-state index contributed by atoms with van der Waals surface area (Å²) in [4.78, 5) is 35.3. The lowest BCUT2D eigenvalue weighted by atomic mass is 10.0. The Balaban J connectivity index is 0.00000265. The molecule has 0 spiro atoms. The van der Waals surface area contributed by atoms with Gasteiger partial charge in [-0.3, -0.25) is 9.59 Å². The molecule has 0 aliphatic carbocycles. The van der Waals surface area contributed by atoms with Gasteiger partial charge < -0.3 is 35.4 Å². The second-order valence-electron chi connectivity index (χ2n) is 7.39. The highest BCUT2D eigenvalue weighted by Crippen LogP contribution is 2.19. The Labute approximate surface area is 194 Å². The Morgan fingerprint density at radius 2 is 1.82 bits per heavy atom. The lowest BCUT2D eigenvalue weighted by Crippen LogP contribution is -2.50. The van der Waals surface area contributed by atoms with Gasteiger partial charge in [0, 0.05) is 43.7 Å². The number of aliphatic hydroxyl groups is 3. The number of H-pyrrole nitrogens is 1. The van der Waals surface area contributed by atoms with Crippen LogP contribution < -0.4 is 5.32 Å². The van der Waals surface area contributed by atoms with E-state index in [1.165, 1.54) is 13.8 Å². The van der Waals surface area contributed by atoms with Crippen LogP contribution in [0.25, 0.3) is 10.9 Å². The van der Waals surface area contributed by atoms with E-state index in [1.54, 1.807) is 4.90 Å². The van der Waals surface area contributed by atoms with E-state index in [9.17, 15) is 19.8 Å². The molecule has 0 aliphatic rings. The molecule has 0 saturated heterocycles. The molecule has 0 fully saturated rings. The minimum absolute atomic E-state index is 0.150. The van der Waals surface area contributed by atoms with Gasteiger partial charge in [0.15, 0.2) is 6.61 Å². The van der Waals surface area contributed by atoms with Crippen molar-refractivity contribution in [2.45, 2.75) is 52.4 Å². The summed E-state index contributed by atoms with van der Waals surface area (Å²) in [6.07, 6.45) is -0.00921. The molecule has 10 heteroatoms. The van der Waals surface area contributed by atoms with Crippen LogP contribution in [-0.4, -0.2) is 87.8 Å². The average molecular weight is 465 g/mol. The summed E-state index contributed by atoms with van der Waals surface area (Å²) in [5, 5.41) is 33.5. The number of nitrogens with zero attached hydrogens (tertiary/aromatic N) is 2. The van der Waals surface area contributed by atoms with Gasteiger partial charge in [-0.05, 0) is 39.3 Å². The first-order valence-corrected chi connectivity index (χ1v) is 10.9. The number of likely N-dealkylation sites (N-methyl/N-ethyl adjacent to an activating group) is 1. The molecule has 3 atom stereocenters. The number of fused-ring (bicyclic) bond motifs is 1. The number of hydrogen-bond donors (Lipinski definition) is 5. The number of nitrogens with one attached hydrogen (secondary N) is 2. The smallest absolute Gasteiger partial charge is 0.261 e. The molecule has 0 aliphatic heterocycles. The predicted octanol–water partition coefficient (Wildman–Crippen LogP) is 0.806. The van der Waals surface area contributed by atoms with Gasteiger partial charge in [0.1, 0.15) is 12.1 Å². The van der Waals surface area contributed by atoms with Crippen molar-refractivity contribution in [3.8, 4) is 0 Å². The molecule has 10 nitrogen and oxygen atoms in total. The van der Waals surface area contributed by atoms with Crippen LogP contribution in [0.5, 0.6) is 0 Å². The number of para-hydroxylation sites is 1. The van der Waals surface area contributed by atoms with Crippen LogP contribution in [0, 0.1) is 0 Å². The largest absolute Gasteiger partial charge is 0.400 e. The number of amides is 2. The fraction of sp³-hybridized carbons (Fsp3) is 0.522. The van der Waals surface area contributed by atoms with Crippen molar-refractivity contribution in [2.24, 2.45) is 5.16 Å². The Kier molecular flexibility index (Phi) is 12.1. The number of hydrogen-bond acceptors (Lipinski definition) is 7. The van der Waals surface area contributed by atoms with Gasteiger partial charge in [0.25, 0.3) is 5.91 Å². The zero-order valence-corrected chi connectivity index (χ0v) is 19.9. The first kappa shape index (κ1) is 28.1. The van der Waals surface area contributed by atoms with Gasteiger partial charge in [-0.25, -0.2) is 0 Å². The molecule has 1 aromatic carbocycles. The average Bonchev–Trinajstić information content (AvgIpc) is 3.22. The zero-order valence-electron chi connectivity index (χ0n) is 19.9. The maximum Gasteiger partial charge on any atom is 0.261 e. The van der Waals surface area contributed by atoms with Crippen molar-refractivity contribution in [2.75, 3.05) is 26.8 Å². The van der Waals surface area contributed by atoms with E-state index in [0.717, 1.165) is 23.6 Å². The summed E-state index contributed by atoms with van der Waals surface area (Å²) in [5.74, 6) is -0.679. The molecule has 0 saturated carbocycles. The van der Waals surface area contributed by atoms with Crippen LogP contribution in [0.15, 0.2) is 35.6 Å². The third-order valence-corrected chi connectivity index (χ3v) is 5.10. The van der Waals surface area contributed by atoms with Gasteiger partial charge in [-0.15, -0.1) is 0 Å². The van der Waals surface area contributed by atoms with Crippen molar-refractivity contribution in [1.82, 2.24) is 15.2 Å². The third kappa shape index (κ3) is 8.16. The maximum atomic E-state index is 13.0. The highest BCUT2D eigenvalue weighted by molar-refractivity contribution is 5.90. The number of carbonyl (C=O) groups excluding carboxylic acids is 2. The van der Waals surface area contributed by atoms with Gasteiger partial charge in [0.05, 0.1) is 11.8 Å². The number of aliphatic hydroxyl groups excluding tert-OH is 3. The molecule has 2 amide bonds. The number of rotatable bonds is 11. The Morgan fingerprint density at radius 1 is 1.18 bits per heavy atom. The normalized spacial score (nSPS) is 14.0. The lowest BCUT2D eigenvalue weighted by Gasteiger charge is -2.25. The van der Waals surface area contributed by atoms with Gasteiger partial charge in [-0.1, -0.05) is 23.4 Å². The van der Waals surface area contributed by atoms with E-state index >= 15 is 0 Å². The van der Waals surface area contributed by atoms with E-state index in [1.807, 2.05) is 44.3 Å². The summed E-state index contributed by atoms with van der Waals surface area (Å²) in [7, 11) is 1.00. The first-order valence-electron chi connectivity index (χ1n) is 10.9. The van der Waals surface area contributed by atoms with E-state index in [2.05, 4.69) is 15.5 Å². The molecule has 0 bridgehead atoms. The molecule has 33 heavy (non-hydrogen) atoms. The minimum Gasteiger partial charge on any atom is -0.400 e. The Bertz CT molecular complexity index is 907. The SMILES string of the molecule is CCN(CC)C(=O)C(Cc1c[nH]c2ccccc12)NC(=O)CO/N=C(/C)C(O)C(C)O.CO. The fourth-order valence-corrected chi connectivity index (χ4v) is 3.31. The van der Waals surface area contributed by atoms with E-state index in [4.69, 9.17) is 9.94 Å². The van der Waals surface area contributed by atoms with Gasteiger partial charge in [-0.2, -0.15) is 0 Å². The fourth-order valence-electron chi connectivity index (χ4n) is 3.31. The molecule has 2 aromatic rings. The molecular formula is C23H36N4O6. The Hall–Kier alpha value is -2.95. The third-order valence-electron chi connectivity index (χ3n) is 5.10. The number of oxime groups is 1. The van der Waals surface area contributed by atoms with Crippen LogP contribution in [0.1, 0.15) is 33.3 Å². The molecular weight excluding hydrogens is 428 g/mol. The monoisotopic (exact) mass is 464 g/mol. The van der Waals surface area contributed by atoms with Crippen molar-refractivity contribution >= 4 is 28.4 Å². The summed E-state index contributed by atoms with van der Waals surface area (Å²) in [6.45, 7) is 7.34. The number of aromatic amines is 1. The second-order valence-corrected chi connectivity index (χ2v) is 7.39. The van der Waals surface area contributed by atoms with Gasteiger partial charge >= 0.3 is 0 Å². The van der Waals surface area contributed by atoms with Crippen LogP contribution in [-0.2, 0) is 20.8 Å². The lowest BCUT2D eigenvalue weighted by molar-refractivity contribution is -0.137. The van der Waals surface area contributed by atoms with E-state index in [0.29, 0.717) is 19.5 Å². The predicted molar refractivity (Wildman–Crippen MR) is 127 cm³/mol. The highest BCUT2D eigenvalue weighted by atomic mass is 16.6. The molecule has 3 unspecified atom stereocenters. The molecule has 0 radical (unpaired) electrons. The van der Waals surface area contributed by atoms with Crippen molar-refractivity contribution in [3.05, 3.63) is 36.0 Å². The molecule has 1 aromatic heterocycles. The van der Waals surface area contributed by atoms with Crippen molar-refractivity contribution in [3.63, 3.8) is 0 Å². The highest BCUT2D eigenvalue weighted by Gasteiger charge is 2.26. The molecule has 2 rings (SSSR count). The zero-order chi connectivity index (χ0) is 25.0. The number of aromatic nitrogens is 1. The van der Waals surface area contributed by atoms with Crippen molar-refractivity contribution < 1.29 is 29.7 Å². The van der Waals surface area contributed by atoms with Crippen LogP contribution in [0.3, 0.4) is 0 Å². The van der Waals surface area contributed by atoms with Crippen molar-refractivity contribution in [1.29, 1.82) is 0 Å². The standard InChI is InChI=1S/C22H32N4O5.CH4O/c1-5-26(6-2)22(30)19(11-16-12-23-18-10-8-7-9-17(16)18)24-20(28)13-31-25-14(3)21(29)15(4)27;1-2/h7-10,12,15,19,21,23,27,29H,5-6,11,13H2,1-4H3,(H,24,28);2H,1H3/b25-14-;. The Morgan fingerprint density at radius 3 is 2.42 bits per heavy atom. The topological polar surface area (TPSA) is 147 Å². The molecule has 1 heterocycles. The molecule has 184 valence electrons. The summed E-state index contributed by atoms with van der Waals surface area (Å²) in [6, 6.07) is 7.01. The quantitative estimate of drug-likeness (QED) is 0.246. The van der Waals surface area contributed by atoms with Crippen LogP contribution in [0.2, 0.25) is 0 Å². The van der Waals surface area contributed by atoms with Crippen LogP contribution >= 0.6 is 0 Å². The summed E-state index contributed by atoms with van der Waals surface area (Å²) in [5.41, 5.74) is 2.04. The molecule has 5 N–H and O–H groups in total.